The van der Waals surface area contributed by atoms with E-state index in [1.54, 1.807) is 4.90 Å². The lowest BCUT2D eigenvalue weighted by molar-refractivity contribution is -0.897. The minimum Gasteiger partial charge on any atom is -0.350 e. The van der Waals surface area contributed by atoms with E-state index in [9.17, 15) is 0 Å². The Morgan fingerprint density at radius 3 is 2.50 bits per heavy atom. The zero-order chi connectivity index (χ0) is 7.40. The fourth-order valence-electron chi connectivity index (χ4n) is 1.63. The molecule has 1 heterocycles. The molecule has 2 heteroatoms. The molecular formula is C8H20N2+2. The Morgan fingerprint density at radius 2 is 2.00 bits per heavy atom. The summed E-state index contributed by atoms with van der Waals surface area (Å²) in [6, 6.07) is 0.688. The molecule has 0 aliphatic carbocycles. The maximum absolute atomic E-state index is 4.10. The van der Waals surface area contributed by atoms with Gasteiger partial charge in [-0.25, -0.2) is 0 Å². The lowest BCUT2D eigenvalue weighted by Crippen LogP contribution is -3.12. The first-order valence-corrected chi connectivity index (χ1v) is 4.49. The van der Waals surface area contributed by atoms with Gasteiger partial charge in [0.1, 0.15) is 12.6 Å². The van der Waals surface area contributed by atoms with Crippen LogP contribution in [0, 0.1) is 0 Å². The summed E-state index contributed by atoms with van der Waals surface area (Å²) in [7, 11) is 0. The first kappa shape index (κ1) is 8.02. The molecule has 1 fully saturated rings. The van der Waals surface area contributed by atoms with Crippen LogP contribution in [-0.4, -0.2) is 25.7 Å². The van der Waals surface area contributed by atoms with E-state index in [0.29, 0.717) is 6.04 Å². The molecule has 0 bridgehead atoms. The van der Waals surface area contributed by atoms with E-state index in [1.807, 2.05) is 0 Å². The van der Waals surface area contributed by atoms with Gasteiger partial charge in [-0.15, -0.1) is 0 Å². The number of hydrogen-bond acceptors (Lipinski definition) is 0. The van der Waals surface area contributed by atoms with Gasteiger partial charge in [0, 0.05) is 19.3 Å². The van der Waals surface area contributed by atoms with Gasteiger partial charge in [0.05, 0.1) is 13.1 Å². The van der Waals surface area contributed by atoms with Crippen LogP contribution in [0.5, 0.6) is 0 Å². The zero-order valence-corrected chi connectivity index (χ0v) is 7.03. The summed E-state index contributed by atoms with van der Waals surface area (Å²) in [6.07, 6.45) is 4.11. The Bertz CT molecular complexity index is 87.3. The van der Waals surface area contributed by atoms with Crippen molar-refractivity contribution in [2.45, 2.75) is 32.2 Å². The van der Waals surface area contributed by atoms with E-state index < -0.39 is 0 Å². The largest absolute Gasteiger partial charge is 0.350 e. The van der Waals surface area contributed by atoms with Gasteiger partial charge in [-0.2, -0.15) is 0 Å². The van der Waals surface area contributed by atoms with Crippen LogP contribution >= 0.6 is 0 Å². The van der Waals surface area contributed by atoms with Gasteiger partial charge in [0.25, 0.3) is 0 Å². The predicted molar refractivity (Wildman–Crippen MR) is 41.8 cm³/mol. The van der Waals surface area contributed by atoms with Crippen LogP contribution in [0.25, 0.3) is 0 Å². The van der Waals surface area contributed by atoms with Gasteiger partial charge in [-0.05, 0) is 0 Å². The van der Waals surface area contributed by atoms with Crippen LogP contribution in [0.3, 0.4) is 0 Å². The van der Waals surface area contributed by atoms with Crippen LogP contribution in [0.15, 0.2) is 0 Å². The molecule has 1 atom stereocenters. The van der Waals surface area contributed by atoms with Crippen LogP contribution in [0.4, 0.5) is 0 Å². The highest BCUT2D eigenvalue weighted by Gasteiger charge is 2.18. The summed E-state index contributed by atoms with van der Waals surface area (Å²) >= 11 is 0. The van der Waals surface area contributed by atoms with Crippen LogP contribution in [0.1, 0.15) is 26.2 Å². The quantitative estimate of drug-likeness (QED) is 0.493. The molecule has 0 aromatic heterocycles. The molecule has 1 saturated heterocycles. The van der Waals surface area contributed by atoms with Crippen molar-refractivity contribution in [3.05, 3.63) is 0 Å². The second kappa shape index (κ2) is 3.94. The fourth-order valence-corrected chi connectivity index (χ4v) is 1.63. The predicted octanol–water partition coefficient (Wildman–Crippen LogP) is -1.31. The molecule has 1 aliphatic heterocycles. The summed E-state index contributed by atoms with van der Waals surface area (Å²) in [5.74, 6) is 0. The van der Waals surface area contributed by atoms with Gasteiger partial charge < -0.3 is 10.6 Å². The SMILES string of the molecule is CC[C@@H]([NH3+])C[NH+]1CCCC1. The number of nitrogens with one attached hydrogen (secondary N) is 1. The second-order valence-electron chi connectivity index (χ2n) is 3.44. The average molecular weight is 144 g/mol. The van der Waals surface area contributed by atoms with Crippen molar-refractivity contribution in [1.82, 2.24) is 0 Å². The van der Waals surface area contributed by atoms with E-state index in [2.05, 4.69) is 12.7 Å². The maximum atomic E-state index is 4.10. The average Bonchev–Trinajstić information content (AvgIpc) is 2.40. The number of quaternary nitrogens is 2. The molecule has 0 saturated carbocycles. The van der Waals surface area contributed by atoms with E-state index in [0.717, 1.165) is 0 Å². The molecule has 0 spiro atoms. The topological polar surface area (TPSA) is 32.1 Å². The van der Waals surface area contributed by atoms with Gasteiger partial charge in [-0.1, -0.05) is 6.92 Å². The number of likely N-dealkylation sites (tertiary alicyclic amines) is 1. The number of rotatable bonds is 3. The van der Waals surface area contributed by atoms with Crippen molar-refractivity contribution < 1.29 is 10.6 Å². The zero-order valence-electron chi connectivity index (χ0n) is 7.03. The lowest BCUT2D eigenvalue weighted by atomic mass is 10.2. The van der Waals surface area contributed by atoms with Gasteiger partial charge in [0.2, 0.25) is 0 Å². The Morgan fingerprint density at radius 1 is 1.40 bits per heavy atom. The third-order valence-electron chi connectivity index (χ3n) is 2.47. The molecule has 4 N–H and O–H groups in total. The summed E-state index contributed by atoms with van der Waals surface area (Å²) in [5, 5.41) is 0. The van der Waals surface area contributed by atoms with Crippen molar-refractivity contribution in [3.63, 3.8) is 0 Å². The van der Waals surface area contributed by atoms with Gasteiger partial charge in [-0.3, -0.25) is 0 Å². The minimum atomic E-state index is 0.688. The molecular weight excluding hydrogens is 124 g/mol. The first-order valence-electron chi connectivity index (χ1n) is 4.49. The Labute approximate surface area is 63.4 Å². The highest BCUT2D eigenvalue weighted by molar-refractivity contribution is 4.50. The maximum Gasteiger partial charge on any atom is 0.134 e. The molecule has 2 nitrogen and oxygen atoms in total. The van der Waals surface area contributed by atoms with Crippen molar-refractivity contribution in [3.8, 4) is 0 Å². The van der Waals surface area contributed by atoms with Crippen LogP contribution in [-0.2, 0) is 0 Å². The smallest absolute Gasteiger partial charge is 0.134 e. The van der Waals surface area contributed by atoms with Crippen molar-refractivity contribution >= 4 is 0 Å². The van der Waals surface area contributed by atoms with Crippen LogP contribution < -0.4 is 10.6 Å². The minimum absolute atomic E-state index is 0.688. The molecule has 0 unspecified atom stereocenters. The summed E-state index contributed by atoms with van der Waals surface area (Å²) < 4.78 is 0. The standard InChI is InChI=1S/C8H18N2/c1-2-8(9)7-10-5-3-4-6-10/h8H,2-7,9H2,1H3/p+2/t8-/m1/s1. The van der Waals surface area contributed by atoms with Crippen molar-refractivity contribution in [2.24, 2.45) is 0 Å². The molecule has 0 radical (unpaired) electrons. The van der Waals surface area contributed by atoms with Crippen LogP contribution in [0.2, 0.25) is 0 Å². The normalized spacial score (nSPS) is 23.4. The summed E-state index contributed by atoms with van der Waals surface area (Å²) in [4.78, 5) is 1.78. The third kappa shape index (κ3) is 2.27. The van der Waals surface area contributed by atoms with E-state index in [4.69, 9.17) is 0 Å². The Hall–Kier alpha value is -0.0800. The Kier molecular flexibility index (Phi) is 3.16. The molecule has 60 valence electrons. The first-order chi connectivity index (χ1) is 4.83. The molecule has 1 aliphatic rings. The summed E-state index contributed by atoms with van der Waals surface area (Å²) in [5.41, 5.74) is 4.10. The summed E-state index contributed by atoms with van der Waals surface area (Å²) in [6.45, 7) is 6.32. The monoisotopic (exact) mass is 144 g/mol. The third-order valence-corrected chi connectivity index (χ3v) is 2.47. The van der Waals surface area contributed by atoms with Crippen molar-refractivity contribution in [2.75, 3.05) is 19.6 Å². The lowest BCUT2D eigenvalue weighted by Gasteiger charge is -2.13. The molecule has 0 aromatic carbocycles. The second-order valence-corrected chi connectivity index (χ2v) is 3.44. The highest BCUT2D eigenvalue weighted by atomic mass is 15.1. The van der Waals surface area contributed by atoms with E-state index in [1.165, 1.54) is 38.9 Å². The molecule has 10 heavy (non-hydrogen) atoms. The molecule has 1 rings (SSSR count). The fraction of sp³-hybridized carbons (Fsp3) is 1.00. The van der Waals surface area contributed by atoms with Gasteiger partial charge in [0.15, 0.2) is 0 Å². The van der Waals surface area contributed by atoms with E-state index >= 15 is 0 Å². The molecule has 0 aromatic rings. The van der Waals surface area contributed by atoms with E-state index in [-0.39, 0.29) is 0 Å². The Balaban J connectivity index is 2.11. The highest BCUT2D eigenvalue weighted by Crippen LogP contribution is 1.88. The van der Waals surface area contributed by atoms with Crippen molar-refractivity contribution in [1.29, 1.82) is 0 Å². The number of hydrogen-bond donors (Lipinski definition) is 2. The molecule has 0 amide bonds. The van der Waals surface area contributed by atoms with Gasteiger partial charge >= 0.3 is 0 Å².